The minimum absolute atomic E-state index is 0.396. The van der Waals surface area contributed by atoms with Crippen LogP contribution in [0.3, 0.4) is 0 Å². The van der Waals surface area contributed by atoms with E-state index in [4.69, 9.17) is 0 Å². The van der Waals surface area contributed by atoms with E-state index in [1.54, 1.807) is 10.4 Å². The molecule has 0 saturated carbocycles. The Morgan fingerprint density at radius 3 is 2.55 bits per heavy atom. The fraction of sp³-hybridized carbons (Fsp3) is 0.692. The zero-order valence-corrected chi connectivity index (χ0v) is 13.9. The third kappa shape index (κ3) is 3.79. The number of nitrogens with one attached hydrogen (secondary N) is 1. The van der Waals surface area contributed by atoms with Gasteiger partial charge in [-0.2, -0.15) is 4.31 Å². The van der Waals surface area contributed by atoms with Crippen LogP contribution in [0, 0.1) is 0 Å². The maximum atomic E-state index is 12.5. The lowest BCUT2D eigenvalue weighted by atomic mass is 10.3. The summed E-state index contributed by atoms with van der Waals surface area (Å²) in [5, 5.41) is 5.23. The number of piperazine rings is 1. The highest BCUT2D eigenvalue weighted by molar-refractivity contribution is 7.91. The van der Waals surface area contributed by atoms with Gasteiger partial charge in [0, 0.05) is 38.8 Å². The fourth-order valence-electron chi connectivity index (χ4n) is 2.06. The lowest BCUT2D eigenvalue weighted by Crippen LogP contribution is -2.46. The van der Waals surface area contributed by atoms with Crippen LogP contribution in [0.2, 0.25) is 0 Å². The SMILES string of the molecule is CC(C)NCc1csc(S(=O)(=O)N2CCN(C)CC2)c1. The second-order valence-corrected chi connectivity index (χ2v) is 8.59. The molecule has 20 heavy (non-hydrogen) atoms. The van der Waals surface area contributed by atoms with E-state index in [0.717, 1.165) is 18.7 Å². The first kappa shape index (κ1) is 15.9. The molecule has 0 atom stereocenters. The van der Waals surface area contributed by atoms with Crippen molar-refractivity contribution in [1.29, 1.82) is 0 Å². The Kier molecular flexibility index (Phi) is 5.19. The molecule has 0 radical (unpaired) electrons. The summed E-state index contributed by atoms with van der Waals surface area (Å²) < 4.78 is 27.1. The smallest absolute Gasteiger partial charge is 0.252 e. The summed E-state index contributed by atoms with van der Waals surface area (Å²) in [5.41, 5.74) is 1.04. The lowest BCUT2D eigenvalue weighted by molar-refractivity contribution is 0.222. The molecule has 0 aliphatic carbocycles. The molecule has 1 aliphatic rings. The Labute approximate surface area is 125 Å². The van der Waals surface area contributed by atoms with Crippen molar-refractivity contribution >= 4 is 21.4 Å². The van der Waals surface area contributed by atoms with E-state index in [-0.39, 0.29) is 0 Å². The highest BCUT2D eigenvalue weighted by atomic mass is 32.2. The molecule has 1 aromatic rings. The minimum atomic E-state index is -3.31. The van der Waals surface area contributed by atoms with Crippen LogP contribution in [-0.2, 0) is 16.6 Å². The van der Waals surface area contributed by atoms with Gasteiger partial charge in [0.25, 0.3) is 10.0 Å². The molecule has 1 aromatic heterocycles. The number of rotatable bonds is 5. The van der Waals surface area contributed by atoms with E-state index in [1.165, 1.54) is 11.3 Å². The predicted molar refractivity (Wildman–Crippen MR) is 82.6 cm³/mol. The molecule has 0 spiro atoms. The molecule has 1 aliphatic heterocycles. The van der Waals surface area contributed by atoms with E-state index in [0.29, 0.717) is 29.9 Å². The topological polar surface area (TPSA) is 52.7 Å². The summed E-state index contributed by atoms with van der Waals surface area (Å²) in [5.74, 6) is 0. The lowest BCUT2D eigenvalue weighted by Gasteiger charge is -2.31. The maximum absolute atomic E-state index is 12.5. The van der Waals surface area contributed by atoms with Crippen LogP contribution in [0.25, 0.3) is 0 Å². The van der Waals surface area contributed by atoms with Gasteiger partial charge in [-0.1, -0.05) is 13.8 Å². The second kappa shape index (κ2) is 6.53. The quantitative estimate of drug-likeness (QED) is 0.886. The third-order valence-corrected chi connectivity index (χ3v) is 6.76. The predicted octanol–water partition coefficient (Wildman–Crippen LogP) is 1.18. The Bertz CT molecular complexity index is 532. The van der Waals surface area contributed by atoms with Crippen molar-refractivity contribution in [3.63, 3.8) is 0 Å². The van der Waals surface area contributed by atoms with Gasteiger partial charge in [-0.25, -0.2) is 8.42 Å². The zero-order valence-electron chi connectivity index (χ0n) is 12.3. The highest BCUT2D eigenvalue weighted by Crippen LogP contribution is 2.24. The van der Waals surface area contributed by atoms with Gasteiger partial charge in [-0.05, 0) is 24.1 Å². The van der Waals surface area contributed by atoms with Crippen LogP contribution in [0.15, 0.2) is 15.7 Å². The summed E-state index contributed by atoms with van der Waals surface area (Å²) in [6, 6.07) is 2.20. The second-order valence-electron chi connectivity index (χ2n) is 5.52. The van der Waals surface area contributed by atoms with Crippen LogP contribution in [0.1, 0.15) is 19.4 Å². The first-order valence-electron chi connectivity index (χ1n) is 6.89. The van der Waals surface area contributed by atoms with Crippen LogP contribution in [-0.4, -0.2) is 56.9 Å². The molecule has 1 fully saturated rings. The average molecular weight is 317 g/mol. The monoisotopic (exact) mass is 317 g/mol. The van der Waals surface area contributed by atoms with Gasteiger partial charge in [0.2, 0.25) is 0 Å². The Morgan fingerprint density at radius 1 is 1.30 bits per heavy atom. The van der Waals surface area contributed by atoms with Gasteiger partial charge in [-0.15, -0.1) is 11.3 Å². The third-order valence-electron chi connectivity index (χ3n) is 3.40. The van der Waals surface area contributed by atoms with Crippen molar-refractivity contribution in [3.8, 4) is 0 Å². The zero-order chi connectivity index (χ0) is 14.8. The molecule has 114 valence electrons. The molecule has 5 nitrogen and oxygen atoms in total. The van der Waals surface area contributed by atoms with Crippen molar-refractivity contribution in [2.45, 2.75) is 30.6 Å². The van der Waals surface area contributed by atoms with Gasteiger partial charge >= 0.3 is 0 Å². The molecule has 2 rings (SSSR count). The number of thiophene rings is 1. The molecule has 2 heterocycles. The van der Waals surface area contributed by atoms with E-state index in [9.17, 15) is 8.42 Å². The summed E-state index contributed by atoms with van der Waals surface area (Å²) in [6.45, 7) is 7.63. The largest absolute Gasteiger partial charge is 0.310 e. The van der Waals surface area contributed by atoms with Crippen molar-refractivity contribution in [2.24, 2.45) is 0 Å². The first-order valence-corrected chi connectivity index (χ1v) is 9.21. The fourth-order valence-corrected chi connectivity index (χ4v) is 4.84. The van der Waals surface area contributed by atoms with Crippen molar-refractivity contribution < 1.29 is 8.42 Å². The summed E-state index contributed by atoms with van der Waals surface area (Å²) in [4.78, 5) is 2.15. The minimum Gasteiger partial charge on any atom is -0.310 e. The Hall–Kier alpha value is -0.470. The Morgan fingerprint density at radius 2 is 1.95 bits per heavy atom. The van der Waals surface area contributed by atoms with E-state index in [2.05, 4.69) is 24.1 Å². The van der Waals surface area contributed by atoms with Crippen molar-refractivity contribution in [3.05, 3.63) is 17.0 Å². The molecule has 1 N–H and O–H groups in total. The molecular weight excluding hydrogens is 294 g/mol. The molecule has 0 bridgehead atoms. The normalized spacial score (nSPS) is 18.8. The van der Waals surface area contributed by atoms with Gasteiger partial charge in [-0.3, -0.25) is 0 Å². The first-order chi connectivity index (χ1) is 9.39. The van der Waals surface area contributed by atoms with Crippen molar-refractivity contribution in [2.75, 3.05) is 33.2 Å². The molecule has 0 amide bonds. The van der Waals surface area contributed by atoms with Gasteiger partial charge in [0.15, 0.2) is 0 Å². The number of hydrogen-bond donors (Lipinski definition) is 1. The van der Waals surface area contributed by atoms with Crippen LogP contribution in [0.5, 0.6) is 0 Å². The summed E-state index contributed by atoms with van der Waals surface area (Å²) >= 11 is 1.32. The van der Waals surface area contributed by atoms with Crippen LogP contribution >= 0.6 is 11.3 Å². The molecule has 7 heteroatoms. The number of hydrogen-bond acceptors (Lipinski definition) is 5. The van der Waals surface area contributed by atoms with Crippen LogP contribution < -0.4 is 5.32 Å². The molecule has 0 aromatic carbocycles. The highest BCUT2D eigenvalue weighted by Gasteiger charge is 2.28. The van der Waals surface area contributed by atoms with E-state index in [1.807, 2.05) is 12.4 Å². The summed E-state index contributed by atoms with van der Waals surface area (Å²) in [7, 11) is -1.29. The summed E-state index contributed by atoms with van der Waals surface area (Å²) in [6.07, 6.45) is 0. The molecule has 1 saturated heterocycles. The van der Waals surface area contributed by atoms with Crippen LogP contribution in [0.4, 0.5) is 0 Å². The number of likely N-dealkylation sites (N-methyl/N-ethyl adjacent to an activating group) is 1. The average Bonchev–Trinajstić information content (AvgIpc) is 2.86. The Balaban J connectivity index is 2.06. The molecule has 0 unspecified atom stereocenters. The standard InChI is InChI=1S/C13H23N3O2S2/c1-11(2)14-9-12-8-13(19-10-12)20(17,18)16-6-4-15(3)5-7-16/h8,10-11,14H,4-7,9H2,1-3H3. The van der Waals surface area contributed by atoms with Crippen molar-refractivity contribution in [1.82, 2.24) is 14.5 Å². The van der Waals surface area contributed by atoms with E-state index >= 15 is 0 Å². The molecular formula is C13H23N3O2S2. The maximum Gasteiger partial charge on any atom is 0.252 e. The van der Waals surface area contributed by atoms with Gasteiger partial charge in [0.1, 0.15) is 4.21 Å². The number of nitrogens with zero attached hydrogens (tertiary/aromatic N) is 2. The van der Waals surface area contributed by atoms with Gasteiger partial charge < -0.3 is 10.2 Å². The number of sulfonamides is 1. The van der Waals surface area contributed by atoms with Gasteiger partial charge in [0.05, 0.1) is 0 Å². The van der Waals surface area contributed by atoms with E-state index < -0.39 is 10.0 Å².